The van der Waals surface area contributed by atoms with Gasteiger partial charge in [0.2, 0.25) is 0 Å². The second-order valence-electron chi connectivity index (χ2n) is 13.7. The van der Waals surface area contributed by atoms with E-state index in [4.69, 9.17) is 4.42 Å². The van der Waals surface area contributed by atoms with Crippen LogP contribution in [-0.4, -0.2) is 0 Å². The third kappa shape index (κ3) is 5.28. The molecule has 0 N–H and O–H groups in total. The van der Waals surface area contributed by atoms with Crippen LogP contribution in [0.5, 0.6) is 0 Å². The van der Waals surface area contributed by atoms with Crippen LogP contribution in [0, 0.1) is 0 Å². The van der Waals surface area contributed by atoms with E-state index in [0.717, 1.165) is 34.3 Å². The molecule has 0 radical (unpaired) electrons. The molecule has 52 heavy (non-hydrogen) atoms. The average Bonchev–Trinajstić information content (AvgIpc) is 3.61. The molecule has 8 aromatic carbocycles. The van der Waals surface area contributed by atoms with Gasteiger partial charge in [0.25, 0.3) is 0 Å². The number of anilines is 2. The molecule has 1 aliphatic rings. The standard InChI is InChI=1S/C50H35NO/c1-2-10-34(11-3-1)38-14-8-15-43(33-38)51(42-28-22-37(23-29-42)45-18-9-13-36-12-4-5-16-44(36)45)41-26-20-35(21-27-41)39-24-30-46-40(32-39)25-31-49-50(46)47-17-6-7-19-48(47)52-49/h1-32,38H,33H2. The lowest BCUT2D eigenvalue weighted by Crippen LogP contribution is -2.19. The van der Waals surface area contributed by atoms with E-state index in [1.165, 1.54) is 60.4 Å². The fourth-order valence-electron chi connectivity index (χ4n) is 8.04. The summed E-state index contributed by atoms with van der Waals surface area (Å²) < 4.78 is 6.16. The van der Waals surface area contributed by atoms with Gasteiger partial charge in [-0.1, -0.05) is 146 Å². The van der Waals surface area contributed by atoms with Gasteiger partial charge in [0.1, 0.15) is 11.2 Å². The summed E-state index contributed by atoms with van der Waals surface area (Å²) in [6.45, 7) is 0. The van der Waals surface area contributed by atoms with Gasteiger partial charge in [-0.2, -0.15) is 0 Å². The van der Waals surface area contributed by atoms with Crippen LogP contribution in [-0.2, 0) is 0 Å². The van der Waals surface area contributed by atoms with E-state index in [1.54, 1.807) is 0 Å². The topological polar surface area (TPSA) is 16.4 Å². The highest BCUT2D eigenvalue weighted by atomic mass is 16.3. The van der Waals surface area contributed by atoms with Crippen molar-refractivity contribution in [3.8, 4) is 22.3 Å². The van der Waals surface area contributed by atoms with Crippen molar-refractivity contribution in [3.05, 3.63) is 205 Å². The molecule has 2 nitrogen and oxygen atoms in total. The van der Waals surface area contributed by atoms with Crippen LogP contribution in [0.15, 0.2) is 204 Å². The number of allylic oxidation sites excluding steroid dienone is 4. The maximum absolute atomic E-state index is 6.16. The van der Waals surface area contributed by atoms with Crippen molar-refractivity contribution in [1.29, 1.82) is 0 Å². The normalized spacial score (nSPS) is 14.3. The summed E-state index contributed by atoms with van der Waals surface area (Å²) in [4.78, 5) is 2.43. The zero-order valence-electron chi connectivity index (χ0n) is 28.6. The monoisotopic (exact) mass is 665 g/mol. The lowest BCUT2D eigenvalue weighted by Gasteiger charge is -2.31. The van der Waals surface area contributed by atoms with Gasteiger partial charge in [0.05, 0.1) is 0 Å². The highest BCUT2D eigenvalue weighted by molar-refractivity contribution is 6.19. The Morgan fingerprint density at radius 2 is 1.17 bits per heavy atom. The Bertz CT molecular complexity index is 2800. The Morgan fingerprint density at radius 1 is 0.481 bits per heavy atom. The van der Waals surface area contributed by atoms with Gasteiger partial charge in [-0.25, -0.2) is 0 Å². The molecule has 1 aliphatic carbocycles. The first-order valence-corrected chi connectivity index (χ1v) is 18.0. The molecule has 9 aromatic rings. The minimum Gasteiger partial charge on any atom is -0.456 e. The molecule has 2 heteroatoms. The van der Waals surface area contributed by atoms with E-state index in [-0.39, 0.29) is 0 Å². The van der Waals surface area contributed by atoms with E-state index < -0.39 is 0 Å². The molecule has 0 saturated carbocycles. The maximum Gasteiger partial charge on any atom is 0.136 e. The number of rotatable bonds is 6. The van der Waals surface area contributed by atoms with E-state index >= 15 is 0 Å². The van der Waals surface area contributed by atoms with Crippen LogP contribution in [0.4, 0.5) is 11.4 Å². The number of hydrogen-bond acceptors (Lipinski definition) is 2. The molecule has 0 bridgehead atoms. The molecule has 1 unspecified atom stereocenters. The van der Waals surface area contributed by atoms with Gasteiger partial charge < -0.3 is 9.32 Å². The predicted molar refractivity (Wildman–Crippen MR) is 219 cm³/mol. The Hall–Kier alpha value is -6.64. The summed E-state index contributed by atoms with van der Waals surface area (Å²) in [7, 11) is 0. The van der Waals surface area contributed by atoms with E-state index in [2.05, 4.69) is 187 Å². The second-order valence-corrected chi connectivity index (χ2v) is 13.7. The first kappa shape index (κ1) is 30.2. The molecule has 1 aromatic heterocycles. The summed E-state index contributed by atoms with van der Waals surface area (Å²) in [5.41, 5.74) is 11.6. The summed E-state index contributed by atoms with van der Waals surface area (Å²) in [6.07, 6.45) is 7.73. The zero-order valence-corrected chi connectivity index (χ0v) is 28.6. The van der Waals surface area contributed by atoms with Crippen LogP contribution >= 0.6 is 0 Å². The minimum absolute atomic E-state index is 0.314. The van der Waals surface area contributed by atoms with Crippen LogP contribution in [0.1, 0.15) is 17.9 Å². The highest BCUT2D eigenvalue weighted by Crippen LogP contribution is 2.40. The summed E-state index contributed by atoms with van der Waals surface area (Å²) in [6, 6.07) is 63.5. The highest BCUT2D eigenvalue weighted by Gasteiger charge is 2.21. The van der Waals surface area contributed by atoms with Gasteiger partial charge >= 0.3 is 0 Å². The molecule has 0 amide bonds. The average molecular weight is 666 g/mol. The Kier molecular flexibility index (Phi) is 7.32. The molecule has 1 atom stereocenters. The van der Waals surface area contributed by atoms with Crippen molar-refractivity contribution in [3.63, 3.8) is 0 Å². The molecule has 0 spiro atoms. The smallest absolute Gasteiger partial charge is 0.136 e. The van der Waals surface area contributed by atoms with Gasteiger partial charge in [-0.3, -0.25) is 0 Å². The van der Waals surface area contributed by atoms with Gasteiger partial charge in [0, 0.05) is 33.8 Å². The van der Waals surface area contributed by atoms with E-state index in [1.807, 2.05) is 12.1 Å². The van der Waals surface area contributed by atoms with Crippen LogP contribution in [0.3, 0.4) is 0 Å². The van der Waals surface area contributed by atoms with Crippen molar-refractivity contribution in [2.75, 3.05) is 4.90 Å². The lowest BCUT2D eigenvalue weighted by atomic mass is 9.90. The van der Waals surface area contributed by atoms with Crippen molar-refractivity contribution < 1.29 is 4.42 Å². The predicted octanol–water partition coefficient (Wildman–Crippen LogP) is 14.0. The van der Waals surface area contributed by atoms with Gasteiger partial charge in [-0.15, -0.1) is 0 Å². The van der Waals surface area contributed by atoms with Crippen LogP contribution in [0.2, 0.25) is 0 Å². The quantitative estimate of drug-likeness (QED) is 0.176. The molecular formula is C50H35NO. The summed E-state index contributed by atoms with van der Waals surface area (Å²) in [5.74, 6) is 0.314. The third-order valence-corrected chi connectivity index (χ3v) is 10.6. The summed E-state index contributed by atoms with van der Waals surface area (Å²) in [5, 5.41) is 7.29. The zero-order chi connectivity index (χ0) is 34.4. The molecule has 0 aliphatic heterocycles. The number of hydrogen-bond donors (Lipinski definition) is 0. The second kappa shape index (κ2) is 12.6. The van der Waals surface area contributed by atoms with Gasteiger partial charge in [-0.05, 0) is 104 Å². The molecule has 1 heterocycles. The van der Waals surface area contributed by atoms with Crippen LogP contribution < -0.4 is 4.90 Å². The fraction of sp³-hybridized carbons (Fsp3) is 0.0400. The molecule has 0 fully saturated rings. The van der Waals surface area contributed by atoms with Crippen molar-refractivity contribution in [1.82, 2.24) is 0 Å². The van der Waals surface area contributed by atoms with E-state index in [9.17, 15) is 0 Å². The lowest BCUT2D eigenvalue weighted by molar-refractivity contribution is 0.669. The van der Waals surface area contributed by atoms with Crippen molar-refractivity contribution in [2.45, 2.75) is 12.3 Å². The Morgan fingerprint density at radius 3 is 2.00 bits per heavy atom. The maximum atomic E-state index is 6.16. The number of benzene rings is 8. The largest absolute Gasteiger partial charge is 0.456 e. The Labute approximate surface area is 303 Å². The third-order valence-electron chi connectivity index (χ3n) is 10.6. The minimum atomic E-state index is 0.314. The molecular weight excluding hydrogens is 631 g/mol. The first-order chi connectivity index (χ1) is 25.8. The SMILES string of the molecule is C1=CC(c2ccccc2)CC(N(c2ccc(-c3ccc4c(ccc5oc6ccccc6c54)c3)cc2)c2ccc(-c3cccc4ccccc34)cc2)=C1. The fourth-order valence-corrected chi connectivity index (χ4v) is 8.04. The van der Waals surface area contributed by atoms with Crippen LogP contribution in [0.25, 0.3) is 65.7 Å². The molecule has 10 rings (SSSR count). The molecule has 0 saturated heterocycles. The number of nitrogens with zero attached hydrogens (tertiary/aromatic N) is 1. The van der Waals surface area contributed by atoms with Crippen molar-refractivity contribution in [2.24, 2.45) is 0 Å². The van der Waals surface area contributed by atoms with E-state index in [0.29, 0.717) is 5.92 Å². The molecule has 246 valence electrons. The first-order valence-electron chi connectivity index (χ1n) is 18.0. The summed E-state index contributed by atoms with van der Waals surface area (Å²) >= 11 is 0. The number of furan rings is 1. The van der Waals surface area contributed by atoms with Gasteiger partial charge in [0.15, 0.2) is 0 Å². The number of para-hydroxylation sites is 1. The number of fused-ring (bicyclic) bond motifs is 6. The Balaban J connectivity index is 1.02. The van der Waals surface area contributed by atoms with Crippen molar-refractivity contribution >= 4 is 54.9 Å².